The number of amides is 1. The number of hydrogen-bond acceptors (Lipinski definition) is 8. The Morgan fingerprint density at radius 3 is 2.75 bits per heavy atom. The number of fused-ring (bicyclic) bond motifs is 3. The maximum Gasteiger partial charge on any atom is 0.336 e. The molecule has 9 heteroatoms. The quantitative estimate of drug-likeness (QED) is 0.471. The van der Waals surface area contributed by atoms with Crippen molar-refractivity contribution < 1.29 is 28.2 Å². The number of ether oxygens (including phenoxy) is 3. The van der Waals surface area contributed by atoms with E-state index in [2.05, 4.69) is 5.32 Å². The molecule has 1 atom stereocenters. The van der Waals surface area contributed by atoms with Gasteiger partial charge in [0.05, 0.1) is 12.5 Å². The molecule has 1 aromatic heterocycles. The van der Waals surface area contributed by atoms with E-state index in [1.54, 1.807) is 24.8 Å². The van der Waals surface area contributed by atoms with Gasteiger partial charge in [0, 0.05) is 17.7 Å². The zero-order valence-corrected chi connectivity index (χ0v) is 19.9. The number of carbonyl (C=O) groups excluding carboxylic acids is 2. The van der Waals surface area contributed by atoms with Gasteiger partial charge in [-0.3, -0.25) is 4.79 Å². The first-order chi connectivity index (χ1) is 15.1. The van der Waals surface area contributed by atoms with Gasteiger partial charge in [-0.15, -0.1) is 0 Å². The van der Waals surface area contributed by atoms with Crippen LogP contribution in [0.25, 0.3) is 11.0 Å². The van der Waals surface area contributed by atoms with Crippen LogP contribution in [0, 0.1) is 6.92 Å². The number of esters is 1. The lowest BCUT2D eigenvalue weighted by Crippen LogP contribution is -2.43. The Hall–Kier alpha value is -2.68. The number of nitrogens with one attached hydrogen (secondary N) is 1. The van der Waals surface area contributed by atoms with E-state index in [0.29, 0.717) is 46.6 Å². The van der Waals surface area contributed by atoms with Crippen molar-refractivity contribution in [2.45, 2.75) is 51.7 Å². The van der Waals surface area contributed by atoms with Crippen LogP contribution in [0.5, 0.6) is 11.5 Å². The molecular weight excluding hydrogens is 434 g/mol. The highest BCUT2D eigenvalue weighted by Gasteiger charge is 2.30. The zero-order chi connectivity index (χ0) is 23.5. The second-order valence-corrected chi connectivity index (χ2v) is 9.36. The molecule has 1 N–H and O–H groups in total. The lowest BCUT2D eigenvalue weighted by atomic mass is 9.92. The van der Waals surface area contributed by atoms with Gasteiger partial charge >= 0.3 is 11.6 Å². The SMILES string of the molecule is COC(=O)[C@H](CCSC)NC(=O)COc1cc2c(c3oc(=O)cc(C)c13)CCC(C)(C)O2. The van der Waals surface area contributed by atoms with E-state index in [9.17, 15) is 14.4 Å². The first-order valence-electron chi connectivity index (χ1n) is 10.4. The fourth-order valence-electron chi connectivity index (χ4n) is 3.74. The summed E-state index contributed by atoms with van der Waals surface area (Å²) in [5.41, 5.74) is 1.11. The topological polar surface area (TPSA) is 104 Å². The zero-order valence-electron chi connectivity index (χ0n) is 19.0. The van der Waals surface area contributed by atoms with Crippen LogP contribution in [0.4, 0.5) is 0 Å². The van der Waals surface area contributed by atoms with Crippen molar-refractivity contribution in [3.05, 3.63) is 33.7 Å². The van der Waals surface area contributed by atoms with Crippen LogP contribution in [-0.2, 0) is 20.7 Å². The first kappa shape index (κ1) is 24.0. The normalized spacial score (nSPS) is 15.4. The minimum Gasteiger partial charge on any atom is -0.487 e. The molecule has 0 fully saturated rings. The Bertz CT molecular complexity index is 1080. The molecule has 1 aliphatic rings. The summed E-state index contributed by atoms with van der Waals surface area (Å²) in [5, 5.41) is 3.29. The summed E-state index contributed by atoms with van der Waals surface area (Å²) < 4.78 is 22.3. The number of methoxy groups -OCH3 is 1. The minimum atomic E-state index is -0.743. The molecule has 32 heavy (non-hydrogen) atoms. The molecular formula is C23H29NO7S. The van der Waals surface area contributed by atoms with Crippen molar-refractivity contribution in [3.63, 3.8) is 0 Å². The van der Waals surface area contributed by atoms with E-state index in [1.165, 1.54) is 13.2 Å². The molecule has 1 aromatic carbocycles. The van der Waals surface area contributed by atoms with Gasteiger partial charge in [0.15, 0.2) is 6.61 Å². The molecule has 8 nitrogen and oxygen atoms in total. The molecule has 0 unspecified atom stereocenters. The van der Waals surface area contributed by atoms with Crippen LogP contribution in [0.15, 0.2) is 21.3 Å². The number of benzene rings is 1. The average molecular weight is 464 g/mol. The van der Waals surface area contributed by atoms with Gasteiger partial charge in [-0.1, -0.05) is 0 Å². The predicted molar refractivity (Wildman–Crippen MR) is 123 cm³/mol. The van der Waals surface area contributed by atoms with Crippen LogP contribution < -0.4 is 20.4 Å². The van der Waals surface area contributed by atoms with E-state index in [-0.39, 0.29) is 12.2 Å². The molecule has 0 spiro atoms. The van der Waals surface area contributed by atoms with Crippen LogP contribution >= 0.6 is 11.8 Å². The number of rotatable bonds is 8. The summed E-state index contributed by atoms with van der Waals surface area (Å²) in [5.74, 6) is 0.697. The third-order valence-electron chi connectivity index (χ3n) is 5.39. The Morgan fingerprint density at radius 2 is 2.06 bits per heavy atom. The monoisotopic (exact) mass is 463 g/mol. The van der Waals surface area contributed by atoms with Crippen LogP contribution in [-0.4, -0.2) is 49.2 Å². The second kappa shape index (κ2) is 9.85. The number of thioether (sulfide) groups is 1. The lowest BCUT2D eigenvalue weighted by Gasteiger charge is -2.33. The molecule has 1 aliphatic heterocycles. The van der Waals surface area contributed by atoms with Crippen molar-refractivity contribution in [1.29, 1.82) is 0 Å². The summed E-state index contributed by atoms with van der Waals surface area (Å²) in [6.45, 7) is 5.45. The highest BCUT2D eigenvalue weighted by molar-refractivity contribution is 7.98. The first-order valence-corrected chi connectivity index (χ1v) is 11.8. The Morgan fingerprint density at radius 1 is 1.31 bits per heavy atom. The number of hydrogen-bond donors (Lipinski definition) is 1. The van der Waals surface area contributed by atoms with E-state index in [4.69, 9.17) is 18.6 Å². The van der Waals surface area contributed by atoms with Gasteiger partial charge in [-0.25, -0.2) is 9.59 Å². The minimum absolute atomic E-state index is 0.317. The van der Waals surface area contributed by atoms with E-state index >= 15 is 0 Å². The molecule has 0 radical (unpaired) electrons. The highest BCUT2D eigenvalue weighted by atomic mass is 32.2. The second-order valence-electron chi connectivity index (χ2n) is 8.38. The summed E-state index contributed by atoms with van der Waals surface area (Å²) in [4.78, 5) is 36.5. The van der Waals surface area contributed by atoms with Crippen molar-refractivity contribution in [3.8, 4) is 11.5 Å². The third kappa shape index (κ3) is 5.38. The number of carbonyl (C=O) groups is 2. The van der Waals surface area contributed by atoms with Gasteiger partial charge < -0.3 is 23.9 Å². The number of aryl methyl sites for hydroxylation is 2. The van der Waals surface area contributed by atoms with Crippen LogP contribution in [0.1, 0.15) is 37.8 Å². The average Bonchev–Trinajstić information content (AvgIpc) is 2.72. The Balaban J connectivity index is 1.88. The van der Waals surface area contributed by atoms with E-state index in [1.807, 2.05) is 20.1 Å². The summed E-state index contributed by atoms with van der Waals surface area (Å²) in [6, 6.07) is 2.39. The Kier molecular flexibility index (Phi) is 7.38. The van der Waals surface area contributed by atoms with Crippen molar-refractivity contribution >= 4 is 34.6 Å². The maximum absolute atomic E-state index is 12.5. The predicted octanol–water partition coefficient (Wildman–Crippen LogP) is 2.99. The van der Waals surface area contributed by atoms with Gasteiger partial charge in [0.25, 0.3) is 5.91 Å². The van der Waals surface area contributed by atoms with Gasteiger partial charge in [-0.2, -0.15) is 11.8 Å². The Labute approximate surface area is 191 Å². The van der Waals surface area contributed by atoms with E-state index in [0.717, 1.165) is 12.0 Å². The van der Waals surface area contributed by atoms with E-state index < -0.39 is 23.5 Å². The molecule has 0 saturated carbocycles. The summed E-state index contributed by atoms with van der Waals surface area (Å²) in [6.07, 6.45) is 3.85. The fourth-order valence-corrected chi connectivity index (χ4v) is 4.21. The standard InChI is InChI=1S/C23H29NO7S/c1-13-10-19(26)30-21-14-6-8-23(2,3)31-16(14)11-17(20(13)21)29-12-18(25)24-15(7-9-32-5)22(27)28-4/h10-11,15H,6-9,12H2,1-5H3,(H,24,25)/t15-/m0/s1. The fraction of sp³-hybridized carbons (Fsp3) is 0.522. The van der Waals surface area contributed by atoms with Crippen molar-refractivity contribution in [2.75, 3.05) is 25.7 Å². The molecule has 0 saturated heterocycles. The lowest BCUT2D eigenvalue weighted by molar-refractivity contribution is -0.145. The molecule has 174 valence electrons. The molecule has 0 aliphatic carbocycles. The van der Waals surface area contributed by atoms with Gasteiger partial charge in [0.1, 0.15) is 28.7 Å². The van der Waals surface area contributed by atoms with Crippen LogP contribution in [0.3, 0.4) is 0 Å². The van der Waals surface area contributed by atoms with Crippen molar-refractivity contribution in [2.24, 2.45) is 0 Å². The van der Waals surface area contributed by atoms with Gasteiger partial charge in [-0.05, 0) is 57.6 Å². The van der Waals surface area contributed by atoms with Gasteiger partial charge in [0.2, 0.25) is 0 Å². The summed E-state index contributed by atoms with van der Waals surface area (Å²) in [7, 11) is 1.29. The highest BCUT2D eigenvalue weighted by Crippen LogP contribution is 2.42. The maximum atomic E-state index is 12.5. The smallest absolute Gasteiger partial charge is 0.336 e. The molecule has 2 heterocycles. The molecule has 1 amide bonds. The largest absolute Gasteiger partial charge is 0.487 e. The molecule has 3 rings (SSSR count). The summed E-state index contributed by atoms with van der Waals surface area (Å²) >= 11 is 1.57. The van der Waals surface area contributed by atoms with Crippen molar-refractivity contribution in [1.82, 2.24) is 5.32 Å². The molecule has 0 bridgehead atoms. The van der Waals surface area contributed by atoms with Crippen LogP contribution in [0.2, 0.25) is 0 Å². The third-order valence-corrected chi connectivity index (χ3v) is 6.04. The molecule has 2 aromatic rings.